The van der Waals surface area contributed by atoms with Gasteiger partial charge in [-0.1, -0.05) is 13.8 Å². The predicted molar refractivity (Wildman–Crippen MR) is 117 cm³/mol. The molecule has 1 atom stereocenters. The lowest BCUT2D eigenvalue weighted by Gasteiger charge is -2.32. The Morgan fingerprint density at radius 2 is 2.15 bits per heavy atom. The minimum atomic E-state index is 0.467. The summed E-state index contributed by atoms with van der Waals surface area (Å²) in [6, 6.07) is 2.74. The molecule has 0 saturated carbocycles. The fraction of sp³-hybridized carbons (Fsp3) is 0.600. The largest absolute Gasteiger partial charge is 0.357 e. The average molecular weight is 406 g/mol. The van der Waals surface area contributed by atoms with Gasteiger partial charge in [0.1, 0.15) is 5.01 Å². The molecule has 0 spiro atoms. The predicted octanol–water partition coefficient (Wildman–Crippen LogP) is 3.83. The number of aromatic nitrogens is 1. The Bertz CT molecular complexity index is 749. The monoisotopic (exact) mass is 405 g/mol. The maximum Gasteiger partial charge on any atom is 0.191 e. The van der Waals surface area contributed by atoms with Crippen molar-refractivity contribution < 1.29 is 0 Å². The van der Waals surface area contributed by atoms with E-state index < -0.39 is 0 Å². The van der Waals surface area contributed by atoms with Crippen LogP contribution >= 0.6 is 22.7 Å². The third-order valence-electron chi connectivity index (χ3n) is 4.90. The zero-order chi connectivity index (χ0) is 19.2. The highest BCUT2D eigenvalue weighted by molar-refractivity contribution is 7.10. The molecular weight excluding hydrogens is 374 g/mol. The topological polar surface area (TPSA) is 52.6 Å². The molecule has 1 aliphatic rings. The summed E-state index contributed by atoms with van der Waals surface area (Å²) in [5.74, 6) is 1.35. The van der Waals surface area contributed by atoms with Crippen molar-refractivity contribution in [1.82, 2.24) is 20.5 Å². The highest BCUT2D eigenvalue weighted by Gasteiger charge is 2.21. The lowest BCUT2D eigenvalue weighted by molar-refractivity contribution is 0.192. The minimum absolute atomic E-state index is 0.467. The lowest BCUT2D eigenvalue weighted by atomic mass is 10.1. The van der Waals surface area contributed by atoms with E-state index in [1.54, 1.807) is 16.2 Å². The van der Waals surface area contributed by atoms with Crippen LogP contribution in [0, 0.1) is 0 Å². The number of hydrogen-bond donors (Lipinski definition) is 2. The summed E-state index contributed by atoms with van der Waals surface area (Å²) in [5, 5.41) is 12.3. The van der Waals surface area contributed by atoms with Crippen LogP contribution in [0.15, 0.2) is 21.8 Å². The molecule has 5 nitrogen and oxygen atoms in total. The third kappa shape index (κ3) is 5.53. The smallest absolute Gasteiger partial charge is 0.191 e. The Kier molecular flexibility index (Phi) is 7.26. The molecule has 7 heteroatoms. The van der Waals surface area contributed by atoms with Gasteiger partial charge in [0.05, 0.1) is 12.2 Å². The van der Waals surface area contributed by atoms with Crippen molar-refractivity contribution >= 4 is 28.6 Å². The first-order chi connectivity index (χ1) is 13.1. The standard InChI is InChI=1S/C20H31N5S2/c1-5-21-20(23-11-19-24-17(13-27-19)14(2)3)22-10-15(4)25-8-6-18-16(12-25)7-9-26-18/h7,9,13-15H,5-6,8,10-12H2,1-4H3,(H2,21,22,23). The molecule has 0 amide bonds. The Balaban J connectivity index is 1.52. The summed E-state index contributed by atoms with van der Waals surface area (Å²) < 4.78 is 0. The maximum absolute atomic E-state index is 4.73. The van der Waals surface area contributed by atoms with Gasteiger partial charge in [-0.05, 0) is 43.2 Å². The van der Waals surface area contributed by atoms with Crippen LogP contribution in [0.25, 0.3) is 0 Å². The molecule has 0 radical (unpaired) electrons. The van der Waals surface area contributed by atoms with E-state index in [0.717, 1.165) is 42.8 Å². The molecule has 2 N–H and O–H groups in total. The third-order valence-corrected chi connectivity index (χ3v) is 6.78. The van der Waals surface area contributed by atoms with Crippen LogP contribution in [-0.2, 0) is 19.5 Å². The zero-order valence-corrected chi connectivity index (χ0v) is 18.4. The molecule has 3 rings (SSSR count). The fourth-order valence-electron chi connectivity index (χ4n) is 3.17. The van der Waals surface area contributed by atoms with Gasteiger partial charge in [-0.3, -0.25) is 4.90 Å². The van der Waals surface area contributed by atoms with Crippen LogP contribution in [0.2, 0.25) is 0 Å². The number of thiazole rings is 1. The van der Waals surface area contributed by atoms with Crippen molar-refractivity contribution in [1.29, 1.82) is 0 Å². The summed E-state index contributed by atoms with van der Waals surface area (Å²) >= 11 is 3.59. The first-order valence-corrected chi connectivity index (χ1v) is 11.6. The van der Waals surface area contributed by atoms with Crippen molar-refractivity contribution in [3.05, 3.63) is 38.0 Å². The molecule has 0 aliphatic carbocycles. The number of nitrogens with zero attached hydrogens (tertiary/aromatic N) is 3. The number of guanidine groups is 1. The molecule has 27 heavy (non-hydrogen) atoms. The van der Waals surface area contributed by atoms with Crippen LogP contribution < -0.4 is 10.6 Å². The highest BCUT2D eigenvalue weighted by Crippen LogP contribution is 2.25. The average Bonchev–Trinajstić information content (AvgIpc) is 3.32. The Labute approximate surface area is 170 Å². The van der Waals surface area contributed by atoms with E-state index in [1.807, 2.05) is 11.3 Å². The van der Waals surface area contributed by atoms with E-state index in [9.17, 15) is 0 Å². The van der Waals surface area contributed by atoms with E-state index in [4.69, 9.17) is 4.99 Å². The number of fused-ring (bicyclic) bond motifs is 1. The van der Waals surface area contributed by atoms with Gasteiger partial charge in [-0.25, -0.2) is 9.98 Å². The zero-order valence-electron chi connectivity index (χ0n) is 16.8. The first-order valence-electron chi connectivity index (χ1n) is 9.82. The van der Waals surface area contributed by atoms with E-state index in [-0.39, 0.29) is 0 Å². The van der Waals surface area contributed by atoms with Gasteiger partial charge in [-0.2, -0.15) is 0 Å². The van der Waals surface area contributed by atoms with Crippen molar-refractivity contribution in [3.63, 3.8) is 0 Å². The van der Waals surface area contributed by atoms with E-state index in [2.05, 4.69) is 65.0 Å². The van der Waals surface area contributed by atoms with E-state index >= 15 is 0 Å². The Morgan fingerprint density at radius 3 is 2.89 bits per heavy atom. The molecule has 1 unspecified atom stereocenters. The van der Waals surface area contributed by atoms with Crippen LogP contribution in [0.4, 0.5) is 0 Å². The molecule has 3 heterocycles. The number of thiophene rings is 1. The van der Waals surface area contributed by atoms with Gasteiger partial charge in [0.15, 0.2) is 5.96 Å². The number of nitrogens with one attached hydrogen (secondary N) is 2. The summed E-state index contributed by atoms with van der Waals surface area (Å²) in [6.45, 7) is 13.3. The Hall–Kier alpha value is -1.44. The van der Waals surface area contributed by atoms with Gasteiger partial charge in [0, 0.05) is 42.5 Å². The molecule has 2 aromatic heterocycles. The molecule has 0 saturated heterocycles. The van der Waals surface area contributed by atoms with Crippen molar-refractivity contribution in [3.8, 4) is 0 Å². The highest BCUT2D eigenvalue weighted by atomic mass is 32.1. The molecule has 0 aromatic carbocycles. The molecule has 0 bridgehead atoms. The van der Waals surface area contributed by atoms with Gasteiger partial charge in [0.2, 0.25) is 0 Å². The van der Waals surface area contributed by atoms with E-state index in [0.29, 0.717) is 18.5 Å². The van der Waals surface area contributed by atoms with Crippen molar-refractivity contribution in [2.24, 2.45) is 4.99 Å². The molecular formula is C20H31N5S2. The van der Waals surface area contributed by atoms with Gasteiger partial charge in [-0.15, -0.1) is 22.7 Å². The van der Waals surface area contributed by atoms with Gasteiger partial charge < -0.3 is 10.6 Å². The second-order valence-corrected chi connectivity index (χ2v) is 9.28. The molecule has 1 aliphatic heterocycles. The van der Waals surface area contributed by atoms with Crippen molar-refractivity contribution in [2.75, 3.05) is 19.6 Å². The van der Waals surface area contributed by atoms with Crippen LogP contribution in [-0.4, -0.2) is 41.5 Å². The number of aliphatic imine (C=N–C) groups is 1. The molecule has 148 valence electrons. The second-order valence-electron chi connectivity index (χ2n) is 7.34. The van der Waals surface area contributed by atoms with Crippen molar-refractivity contribution in [2.45, 2.75) is 59.2 Å². The quantitative estimate of drug-likeness (QED) is 0.543. The first kappa shape index (κ1) is 20.3. The normalized spacial score (nSPS) is 16.4. The maximum atomic E-state index is 4.73. The summed E-state index contributed by atoms with van der Waals surface area (Å²) in [6.07, 6.45) is 1.17. The minimum Gasteiger partial charge on any atom is -0.357 e. The number of hydrogen-bond acceptors (Lipinski definition) is 5. The van der Waals surface area contributed by atoms with Gasteiger partial charge >= 0.3 is 0 Å². The van der Waals surface area contributed by atoms with Gasteiger partial charge in [0.25, 0.3) is 0 Å². The summed E-state index contributed by atoms with van der Waals surface area (Å²) in [7, 11) is 0. The lowest BCUT2D eigenvalue weighted by Crippen LogP contribution is -2.47. The van der Waals surface area contributed by atoms with E-state index in [1.165, 1.54) is 12.0 Å². The summed E-state index contributed by atoms with van der Waals surface area (Å²) in [4.78, 5) is 13.5. The molecule has 0 fully saturated rings. The van der Waals surface area contributed by atoms with Crippen LogP contribution in [0.1, 0.15) is 54.8 Å². The SMILES string of the molecule is CCNC(=NCc1nc(C(C)C)cs1)NCC(C)N1CCc2sccc2C1. The van der Waals surface area contributed by atoms with Crippen LogP contribution in [0.3, 0.4) is 0 Å². The second kappa shape index (κ2) is 9.66. The fourth-order valence-corrected chi connectivity index (χ4v) is 4.94. The molecule has 2 aromatic rings. The number of rotatable bonds is 7. The Morgan fingerprint density at radius 1 is 1.30 bits per heavy atom. The summed E-state index contributed by atoms with van der Waals surface area (Å²) in [5.41, 5.74) is 2.66. The van der Waals surface area contributed by atoms with Crippen LogP contribution in [0.5, 0.6) is 0 Å².